The van der Waals surface area contributed by atoms with Crippen molar-refractivity contribution in [3.8, 4) is 0 Å². The van der Waals surface area contributed by atoms with Crippen molar-refractivity contribution in [3.63, 3.8) is 0 Å². The Kier molecular flexibility index (Phi) is 3.56. The Balaban J connectivity index is 1.61. The molecule has 2 N–H and O–H groups in total. The van der Waals surface area contributed by atoms with Crippen molar-refractivity contribution < 1.29 is 0 Å². The number of hydrogen-bond donors (Lipinski definition) is 1. The minimum absolute atomic E-state index is 0.413. The molecule has 4 heterocycles. The molecule has 0 unspecified atom stereocenters. The maximum Gasteiger partial charge on any atom is 0.223 e. The summed E-state index contributed by atoms with van der Waals surface area (Å²) in [6.07, 6.45) is 6.56. The van der Waals surface area contributed by atoms with Gasteiger partial charge in [0, 0.05) is 44.3 Å². The van der Waals surface area contributed by atoms with Crippen LogP contribution in [0.25, 0.3) is 0 Å². The maximum absolute atomic E-state index is 6.03. The maximum atomic E-state index is 6.03. The number of aromatic nitrogens is 2. The SMILES string of the molecule is CN1CCN(c2cc(N3[C@@H]4CCC[C@H]3CC4)nc(N)n2)CC1. The Labute approximate surface area is 132 Å². The van der Waals surface area contributed by atoms with Gasteiger partial charge in [0.15, 0.2) is 0 Å². The molecule has 3 aliphatic rings. The number of rotatable bonds is 2. The molecule has 120 valence electrons. The standard InChI is InChI=1S/C16H26N6/c1-20-7-9-21(10-8-20)14-11-15(19-16(17)18-14)22-12-3-2-4-13(22)6-5-12/h11-13H,2-10H2,1H3,(H2,17,18,19)/t12-,13+. The van der Waals surface area contributed by atoms with Gasteiger partial charge in [-0.2, -0.15) is 9.97 Å². The van der Waals surface area contributed by atoms with E-state index >= 15 is 0 Å². The molecule has 2 bridgehead atoms. The van der Waals surface area contributed by atoms with Crippen molar-refractivity contribution in [2.45, 2.75) is 44.2 Å². The number of likely N-dealkylation sites (N-methyl/N-ethyl adjacent to an activating group) is 1. The van der Waals surface area contributed by atoms with E-state index in [1.54, 1.807) is 0 Å². The van der Waals surface area contributed by atoms with Gasteiger partial charge < -0.3 is 20.4 Å². The molecule has 0 aromatic carbocycles. The van der Waals surface area contributed by atoms with Crippen LogP contribution in [0.5, 0.6) is 0 Å². The van der Waals surface area contributed by atoms with E-state index < -0.39 is 0 Å². The van der Waals surface area contributed by atoms with Crippen LogP contribution in [0, 0.1) is 0 Å². The average molecular weight is 302 g/mol. The van der Waals surface area contributed by atoms with Gasteiger partial charge in [-0.1, -0.05) is 0 Å². The van der Waals surface area contributed by atoms with Gasteiger partial charge in [-0.3, -0.25) is 0 Å². The summed E-state index contributed by atoms with van der Waals surface area (Å²) < 4.78 is 0. The summed E-state index contributed by atoms with van der Waals surface area (Å²) in [6, 6.07) is 3.49. The first kappa shape index (κ1) is 14.1. The van der Waals surface area contributed by atoms with Crippen molar-refractivity contribution >= 4 is 17.6 Å². The zero-order chi connectivity index (χ0) is 15.1. The Morgan fingerprint density at radius 3 is 2.27 bits per heavy atom. The molecular formula is C16H26N6. The predicted octanol–water partition coefficient (Wildman–Crippen LogP) is 1.33. The molecular weight excluding hydrogens is 276 g/mol. The third-order valence-corrected chi connectivity index (χ3v) is 5.50. The number of anilines is 3. The highest BCUT2D eigenvalue weighted by atomic mass is 15.3. The van der Waals surface area contributed by atoms with Crippen LogP contribution in [0.2, 0.25) is 0 Å². The number of nitrogens with zero attached hydrogens (tertiary/aromatic N) is 5. The highest BCUT2D eigenvalue weighted by Crippen LogP contribution is 2.39. The normalized spacial score (nSPS) is 29.1. The molecule has 1 aromatic heterocycles. The second-order valence-electron chi connectivity index (χ2n) is 6.96. The van der Waals surface area contributed by atoms with Crippen molar-refractivity contribution in [3.05, 3.63) is 6.07 Å². The first-order chi connectivity index (χ1) is 10.7. The number of fused-ring (bicyclic) bond motifs is 2. The molecule has 2 atom stereocenters. The molecule has 6 nitrogen and oxygen atoms in total. The van der Waals surface area contributed by atoms with E-state index in [9.17, 15) is 0 Å². The fourth-order valence-corrected chi connectivity index (χ4v) is 4.26. The summed E-state index contributed by atoms with van der Waals surface area (Å²) in [5, 5.41) is 0. The van der Waals surface area contributed by atoms with Crippen LogP contribution >= 0.6 is 0 Å². The number of hydrogen-bond acceptors (Lipinski definition) is 6. The van der Waals surface area contributed by atoms with Crippen molar-refractivity contribution in [1.29, 1.82) is 0 Å². The van der Waals surface area contributed by atoms with Gasteiger partial charge in [0.2, 0.25) is 5.95 Å². The molecule has 0 amide bonds. The third-order valence-electron chi connectivity index (χ3n) is 5.50. The van der Waals surface area contributed by atoms with E-state index in [1.807, 2.05) is 0 Å². The Hall–Kier alpha value is -1.56. The topological polar surface area (TPSA) is 61.5 Å². The summed E-state index contributed by atoms with van der Waals surface area (Å²) in [6.45, 7) is 4.18. The monoisotopic (exact) mass is 302 g/mol. The van der Waals surface area contributed by atoms with E-state index in [2.05, 4.69) is 37.8 Å². The lowest BCUT2D eigenvalue weighted by atomic mass is 10.0. The van der Waals surface area contributed by atoms with Crippen molar-refractivity contribution in [2.24, 2.45) is 0 Å². The number of piperazine rings is 1. The van der Waals surface area contributed by atoms with Crippen LogP contribution in [0.4, 0.5) is 17.6 Å². The van der Waals surface area contributed by atoms with Crippen molar-refractivity contribution in [1.82, 2.24) is 14.9 Å². The van der Waals surface area contributed by atoms with E-state index in [0.717, 1.165) is 37.8 Å². The van der Waals surface area contributed by atoms with E-state index in [1.165, 1.54) is 32.1 Å². The molecule has 0 radical (unpaired) electrons. The van der Waals surface area contributed by atoms with Gasteiger partial charge in [-0.05, 0) is 39.2 Å². The highest BCUT2D eigenvalue weighted by Gasteiger charge is 2.37. The zero-order valence-corrected chi connectivity index (χ0v) is 13.4. The van der Waals surface area contributed by atoms with Gasteiger partial charge in [0.25, 0.3) is 0 Å². The molecule has 3 saturated heterocycles. The fraction of sp³-hybridized carbons (Fsp3) is 0.750. The molecule has 3 aliphatic heterocycles. The summed E-state index contributed by atoms with van der Waals surface area (Å²) >= 11 is 0. The molecule has 0 aliphatic carbocycles. The second kappa shape index (κ2) is 5.57. The predicted molar refractivity (Wildman–Crippen MR) is 89.3 cm³/mol. The number of piperidine rings is 1. The van der Waals surface area contributed by atoms with Gasteiger partial charge in [0.1, 0.15) is 11.6 Å². The summed E-state index contributed by atoms with van der Waals surface area (Å²) in [5.41, 5.74) is 6.03. The molecule has 6 heteroatoms. The first-order valence-corrected chi connectivity index (χ1v) is 8.57. The lowest BCUT2D eigenvalue weighted by Gasteiger charge is -2.37. The zero-order valence-electron chi connectivity index (χ0n) is 13.4. The van der Waals surface area contributed by atoms with Crippen LogP contribution in [-0.2, 0) is 0 Å². The van der Waals surface area contributed by atoms with Crippen molar-refractivity contribution in [2.75, 3.05) is 48.8 Å². The van der Waals surface area contributed by atoms with E-state index in [0.29, 0.717) is 18.0 Å². The van der Waals surface area contributed by atoms with Crippen LogP contribution in [-0.4, -0.2) is 60.2 Å². The average Bonchev–Trinajstić information content (AvgIpc) is 2.77. The Morgan fingerprint density at radius 1 is 0.955 bits per heavy atom. The summed E-state index contributed by atoms with van der Waals surface area (Å²) in [4.78, 5) is 16.3. The largest absolute Gasteiger partial charge is 0.368 e. The highest BCUT2D eigenvalue weighted by molar-refractivity contribution is 5.56. The molecule has 22 heavy (non-hydrogen) atoms. The van der Waals surface area contributed by atoms with Gasteiger partial charge >= 0.3 is 0 Å². The minimum atomic E-state index is 0.413. The third kappa shape index (κ3) is 2.49. The molecule has 4 rings (SSSR count). The van der Waals surface area contributed by atoms with Gasteiger partial charge in [0.05, 0.1) is 0 Å². The smallest absolute Gasteiger partial charge is 0.223 e. The van der Waals surface area contributed by atoms with Gasteiger partial charge in [-0.25, -0.2) is 0 Å². The lowest BCUT2D eigenvalue weighted by Crippen LogP contribution is -2.45. The molecule has 0 saturated carbocycles. The molecule has 0 spiro atoms. The summed E-state index contributed by atoms with van der Waals surface area (Å²) in [5.74, 6) is 2.46. The number of nitrogen functional groups attached to an aromatic ring is 1. The number of nitrogens with two attached hydrogens (primary N) is 1. The second-order valence-corrected chi connectivity index (χ2v) is 6.96. The van der Waals surface area contributed by atoms with E-state index in [-0.39, 0.29) is 0 Å². The first-order valence-electron chi connectivity index (χ1n) is 8.57. The minimum Gasteiger partial charge on any atom is -0.368 e. The Bertz CT molecular complexity index is 523. The van der Waals surface area contributed by atoms with Crippen LogP contribution in [0.1, 0.15) is 32.1 Å². The Morgan fingerprint density at radius 2 is 1.59 bits per heavy atom. The lowest BCUT2D eigenvalue weighted by molar-refractivity contribution is 0.312. The van der Waals surface area contributed by atoms with Crippen LogP contribution < -0.4 is 15.5 Å². The van der Waals surface area contributed by atoms with E-state index in [4.69, 9.17) is 5.73 Å². The molecule has 1 aromatic rings. The quantitative estimate of drug-likeness (QED) is 0.889. The summed E-state index contributed by atoms with van der Waals surface area (Å²) in [7, 11) is 2.17. The fourth-order valence-electron chi connectivity index (χ4n) is 4.26. The van der Waals surface area contributed by atoms with Crippen LogP contribution in [0.3, 0.4) is 0 Å². The molecule has 3 fully saturated rings. The van der Waals surface area contributed by atoms with Crippen LogP contribution in [0.15, 0.2) is 6.07 Å². The van der Waals surface area contributed by atoms with Gasteiger partial charge in [-0.15, -0.1) is 0 Å².